The van der Waals surface area contributed by atoms with E-state index < -0.39 is 23.9 Å². The number of carbonyl (C=O) groups is 3. The summed E-state index contributed by atoms with van der Waals surface area (Å²) in [7, 11) is 1.33. The van der Waals surface area contributed by atoms with Crippen LogP contribution >= 0.6 is 0 Å². The molecule has 0 aliphatic carbocycles. The van der Waals surface area contributed by atoms with Gasteiger partial charge in [-0.05, 0) is 32.8 Å². The van der Waals surface area contributed by atoms with Gasteiger partial charge in [0.1, 0.15) is 29.7 Å². The predicted molar refractivity (Wildman–Crippen MR) is 110 cm³/mol. The Morgan fingerprint density at radius 1 is 1.23 bits per heavy atom. The van der Waals surface area contributed by atoms with Gasteiger partial charge in [0, 0.05) is 11.1 Å². The number of aliphatic carboxylic acids is 1. The molecule has 164 valence electrons. The van der Waals surface area contributed by atoms with Gasteiger partial charge in [-0.1, -0.05) is 25.8 Å². The number of nitrogens with zero attached hydrogens (tertiary/aromatic N) is 1. The number of carboxylic acids is 2. The maximum absolute atomic E-state index is 13.3. The van der Waals surface area contributed by atoms with Crippen LogP contribution in [0.25, 0.3) is 0 Å². The number of carbonyl (C=O) groups excluding carboxylic acids is 1. The molecule has 0 bridgehead atoms. The number of methoxy groups -OCH3 is 1. The molecular formula is C22H29NO7. The molecule has 2 atom stereocenters. The minimum Gasteiger partial charge on any atom is -0.495 e. The highest BCUT2D eigenvalue weighted by Crippen LogP contribution is 2.44. The van der Waals surface area contributed by atoms with Crippen LogP contribution in [0.15, 0.2) is 11.6 Å². The van der Waals surface area contributed by atoms with Crippen LogP contribution in [0.5, 0.6) is 11.5 Å². The number of hydrogen-bond donors (Lipinski definition) is 2. The van der Waals surface area contributed by atoms with Crippen molar-refractivity contribution in [2.24, 2.45) is 5.92 Å². The Kier molecular flexibility index (Phi) is 7.12. The van der Waals surface area contributed by atoms with E-state index in [9.17, 15) is 24.6 Å². The van der Waals surface area contributed by atoms with E-state index in [1.54, 1.807) is 13.8 Å². The van der Waals surface area contributed by atoms with Gasteiger partial charge in [-0.2, -0.15) is 0 Å². The molecule has 1 aromatic carbocycles. The smallest absolute Gasteiger partial charge is 0.340 e. The van der Waals surface area contributed by atoms with Crippen molar-refractivity contribution in [2.45, 2.75) is 53.6 Å². The van der Waals surface area contributed by atoms with Crippen LogP contribution in [-0.2, 0) is 11.3 Å². The molecule has 0 spiro atoms. The molecule has 1 aromatic rings. The maximum atomic E-state index is 13.3. The zero-order chi connectivity index (χ0) is 22.7. The van der Waals surface area contributed by atoms with Crippen molar-refractivity contribution in [3.63, 3.8) is 0 Å². The third-order valence-electron chi connectivity index (χ3n) is 5.45. The molecule has 2 rings (SSSR count). The van der Waals surface area contributed by atoms with Crippen LogP contribution in [0.3, 0.4) is 0 Å². The summed E-state index contributed by atoms with van der Waals surface area (Å²) in [5, 5.41) is 19.6. The fourth-order valence-electron chi connectivity index (χ4n) is 3.75. The Morgan fingerprint density at radius 3 is 2.33 bits per heavy atom. The van der Waals surface area contributed by atoms with Crippen LogP contribution in [0, 0.1) is 12.8 Å². The Labute approximate surface area is 176 Å². The quantitative estimate of drug-likeness (QED) is 0.589. The Hall–Kier alpha value is -3.03. The number of fused-ring (bicyclic) bond motifs is 1. The summed E-state index contributed by atoms with van der Waals surface area (Å²) < 4.78 is 11.2. The average Bonchev–Trinajstić information content (AvgIpc) is 2.98. The number of allylic oxidation sites excluding steroid dienone is 1. The second-order valence-corrected chi connectivity index (χ2v) is 7.72. The van der Waals surface area contributed by atoms with E-state index in [0.29, 0.717) is 23.3 Å². The second-order valence-electron chi connectivity index (χ2n) is 7.72. The fraction of sp³-hybridized carbons (Fsp3) is 0.500. The third kappa shape index (κ3) is 4.13. The first-order chi connectivity index (χ1) is 14.1. The number of benzene rings is 1. The standard InChI is InChI=1S/C22H29NO7/c1-7-12(4)17(22(27)28)23-10-14-15(20(23)24)16(21(25)26)19(29-6)13(5)18(14)30-9-8-11(2)3/h8,12,17H,7,9-10H2,1-6H3,(H,25,26)(H,27,28)/t12-,17+/m0/s1. The van der Waals surface area contributed by atoms with Crippen LogP contribution in [0.1, 0.15) is 66.0 Å². The molecule has 0 fully saturated rings. The highest BCUT2D eigenvalue weighted by atomic mass is 16.5. The summed E-state index contributed by atoms with van der Waals surface area (Å²) in [4.78, 5) is 38.5. The van der Waals surface area contributed by atoms with Crippen molar-refractivity contribution in [1.82, 2.24) is 4.90 Å². The number of aromatic carboxylic acids is 1. The summed E-state index contributed by atoms with van der Waals surface area (Å²) >= 11 is 0. The topological polar surface area (TPSA) is 113 Å². The lowest BCUT2D eigenvalue weighted by molar-refractivity contribution is -0.144. The van der Waals surface area contributed by atoms with Crippen molar-refractivity contribution in [2.75, 3.05) is 13.7 Å². The molecule has 0 unspecified atom stereocenters. The largest absolute Gasteiger partial charge is 0.495 e. The molecule has 0 saturated heterocycles. The first-order valence-electron chi connectivity index (χ1n) is 9.83. The summed E-state index contributed by atoms with van der Waals surface area (Å²) in [6.45, 7) is 9.30. The van der Waals surface area contributed by atoms with Crippen molar-refractivity contribution >= 4 is 17.8 Å². The molecular weight excluding hydrogens is 390 g/mol. The Morgan fingerprint density at radius 2 is 1.87 bits per heavy atom. The number of ether oxygens (including phenoxy) is 2. The van der Waals surface area contributed by atoms with E-state index in [0.717, 1.165) is 5.57 Å². The first kappa shape index (κ1) is 23.3. The monoisotopic (exact) mass is 419 g/mol. The minimum absolute atomic E-state index is 0.0370. The molecule has 0 aromatic heterocycles. The van der Waals surface area contributed by atoms with Gasteiger partial charge in [0.15, 0.2) is 0 Å². The van der Waals surface area contributed by atoms with Gasteiger partial charge in [0.2, 0.25) is 0 Å². The van der Waals surface area contributed by atoms with Gasteiger partial charge in [-0.25, -0.2) is 9.59 Å². The summed E-state index contributed by atoms with van der Waals surface area (Å²) in [5.74, 6) is -2.99. The molecule has 8 heteroatoms. The van der Waals surface area contributed by atoms with Crippen LogP contribution < -0.4 is 9.47 Å². The van der Waals surface area contributed by atoms with E-state index in [4.69, 9.17) is 9.47 Å². The number of hydrogen-bond acceptors (Lipinski definition) is 5. The maximum Gasteiger partial charge on any atom is 0.340 e. The van der Waals surface area contributed by atoms with Gasteiger partial charge in [0.25, 0.3) is 5.91 Å². The van der Waals surface area contributed by atoms with Gasteiger partial charge in [-0.3, -0.25) is 4.79 Å². The summed E-state index contributed by atoms with van der Waals surface area (Å²) in [5.41, 5.74) is 1.55. The van der Waals surface area contributed by atoms with Crippen molar-refractivity contribution in [3.8, 4) is 11.5 Å². The predicted octanol–water partition coefficient (Wildman–Crippen LogP) is 3.50. The zero-order valence-electron chi connectivity index (χ0n) is 18.2. The lowest BCUT2D eigenvalue weighted by Gasteiger charge is -2.28. The number of carboxylic acid groups (broad SMARTS) is 2. The third-order valence-corrected chi connectivity index (χ3v) is 5.45. The molecule has 30 heavy (non-hydrogen) atoms. The second kappa shape index (κ2) is 9.19. The summed E-state index contributed by atoms with van der Waals surface area (Å²) in [6.07, 6.45) is 2.41. The van der Waals surface area contributed by atoms with E-state index in [1.165, 1.54) is 12.0 Å². The van der Waals surface area contributed by atoms with Crippen LogP contribution in [0.4, 0.5) is 0 Å². The molecule has 1 aliphatic heterocycles. The molecule has 2 N–H and O–H groups in total. The molecule has 0 saturated carbocycles. The van der Waals surface area contributed by atoms with Crippen LogP contribution in [-0.4, -0.2) is 52.7 Å². The van der Waals surface area contributed by atoms with Crippen molar-refractivity contribution < 1.29 is 34.1 Å². The molecule has 1 heterocycles. The van der Waals surface area contributed by atoms with Gasteiger partial charge < -0.3 is 24.6 Å². The highest BCUT2D eigenvalue weighted by Gasteiger charge is 2.44. The van der Waals surface area contributed by atoms with Crippen LogP contribution in [0.2, 0.25) is 0 Å². The van der Waals surface area contributed by atoms with E-state index >= 15 is 0 Å². The Bertz CT molecular complexity index is 899. The molecule has 1 amide bonds. The number of amides is 1. The Balaban J connectivity index is 2.71. The normalized spacial score (nSPS) is 14.7. The van der Waals surface area contributed by atoms with Gasteiger partial charge >= 0.3 is 11.9 Å². The molecule has 1 aliphatic rings. The highest BCUT2D eigenvalue weighted by molar-refractivity contribution is 6.11. The van der Waals surface area contributed by atoms with Gasteiger partial charge in [0.05, 0.1) is 19.2 Å². The zero-order valence-corrected chi connectivity index (χ0v) is 18.2. The first-order valence-corrected chi connectivity index (χ1v) is 9.83. The summed E-state index contributed by atoms with van der Waals surface area (Å²) in [6, 6.07) is -1.08. The van der Waals surface area contributed by atoms with E-state index in [2.05, 4.69) is 0 Å². The van der Waals surface area contributed by atoms with Gasteiger partial charge in [-0.15, -0.1) is 0 Å². The van der Waals surface area contributed by atoms with Crippen molar-refractivity contribution in [3.05, 3.63) is 33.9 Å². The lowest BCUT2D eigenvalue weighted by Crippen LogP contribution is -2.45. The number of rotatable bonds is 9. The lowest BCUT2D eigenvalue weighted by atomic mass is 9.96. The minimum atomic E-state index is -1.31. The molecule has 8 nitrogen and oxygen atoms in total. The molecule has 0 radical (unpaired) electrons. The average molecular weight is 419 g/mol. The fourth-order valence-corrected chi connectivity index (χ4v) is 3.75. The van der Waals surface area contributed by atoms with E-state index in [1.807, 2.05) is 26.8 Å². The SMILES string of the molecule is CC[C@H](C)[C@H](C(=O)O)N1Cc2c(OCC=C(C)C)c(C)c(OC)c(C(=O)O)c2C1=O. The van der Waals surface area contributed by atoms with E-state index in [-0.39, 0.29) is 35.9 Å². The van der Waals surface area contributed by atoms with Crippen molar-refractivity contribution in [1.29, 1.82) is 0 Å².